The van der Waals surface area contributed by atoms with Crippen LogP contribution in [0.5, 0.6) is 0 Å². The largest absolute Gasteiger partial charge is 0.355 e. The summed E-state index contributed by atoms with van der Waals surface area (Å²) in [6.07, 6.45) is 1.82. The van der Waals surface area contributed by atoms with Crippen LogP contribution < -0.4 is 10.6 Å². The predicted octanol–water partition coefficient (Wildman–Crippen LogP) is 0.545. The SMILES string of the molecule is CCCNC(=O)CNC(=O)Cn1nnc(-c2ccc(CC)cc2)n1. The molecule has 0 unspecified atom stereocenters. The highest BCUT2D eigenvalue weighted by Gasteiger charge is 2.10. The molecule has 0 saturated carbocycles. The van der Waals surface area contributed by atoms with Crippen LogP contribution in [0.25, 0.3) is 11.4 Å². The summed E-state index contributed by atoms with van der Waals surface area (Å²) in [4.78, 5) is 24.4. The van der Waals surface area contributed by atoms with Crippen LogP contribution in [0.3, 0.4) is 0 Å². The molecule has 24 heavy (non-hydrogen) atoms. The fraction of sp³-hybridized carbons (Fsp3) is 0.438. The molecule has 8 heteroatoms. The average molecular weight is 330 g/mol. The van der Waals surface area contributed by atoms with E-state index >= 15 is 0 Å². The van der Waals surface area contributed by atoms with Gasteiger partial charge in [-0.05, 0) is 23.6 Å². The lowest BCUT2D eigenvalue weighted by atomic mass is 10.1. The monoisotopic (exact) mass is 330 g/mol. The summed E-state index contributed by atoms with van der Waals surface area (Å²) in [5, 5.41) is 17.2. The molecule has 2 aromatic rings. The fourth-order valence-corrected chi connectivity index (χ4v) is 2.01. The van der Waals surface area contributed by atoms with E-state index in [0.29, 0.717) is 12.4 Å². The number of amides is 2. The number of carbonyl (C=O) groups excluding carboxylic acids is 2. The number of hydrogen-bond acceptors (Lipinski definition) is 5. The molecule has 2 rings (SSSR count). The molecule has 2 amide bonds. The molecule has 1 aromatic heterocycles. The first-order valence-corrected chi connectivity index (χ1v) is 8.03. The average Bonchev–Trinajstić information content (AvgIpc) is 3.06. The molecular weight excluding hydrogens is 308 g/mol. The summed E-state index contributed by atoms with van der Waals surface area (Å²) in [5.74, 6) is -0.0912. The molecule has 1 heterocycles. The van der Waals surface area contributed by atoms with E-state index in [9.17, 15) is 9.59 Å². The second-order valence-corrected chi connectivity index (χ2v) is 5.32. The highest BCUT2D eigenvalue weighted by atomic mass is 16.2. The normalized spacial score (nSPS) is 10.4. The first-order valence-electron chi connectivity index (χ1n) is 8.03. The number of carbonyl (C=O) groups is 2. The van der Waals surface area contributed by atoms with Crippen molar-refractivity contribution in [2.45, 2.75) is 33.2 Å². The standard InChI is InChI=1S/C16H22N6O2/c1-3-9-17-14(23)10-18-15(24)11-22-20-16(19-21-22)13-7-5-12(4-2)6-8-13/h5-8H,3-4,9-11H2,1-2H3,(H,17,23)(H,18,24). The second-order valence-electron chi connectivity index (χ2n) is 5.32. The molecule has 0 aliphatic carbocycles. The number of nitrogens with zero attached hydrogens (tertiary/aromatic N) is 4. The van der Waals surface area contributed by atoms with Gasteiger partial charge in [-0.3, -0.25) is 9.59 Å². The molecule has 0 fully saturated rings. The third-order valence-electron chi connectivity index (χ3n) is 3.38. The van der Waals surface area contributed by atoms with Gasteiger partial charge in [0, 0.05) is 12.1 Å². The topological polar surface area (TPSA) is 102 Å². The molecule has 8 nitrogen and oxygen atoms in total. The third kappa shape index (κ3) is 5.15. The molecule has 0 radical (unpaired) electrons. The van der Waals surface area contributed by atoms with Gasteiger partial charge in [-0.1, -0.05) is 38.1 Å². The zero-order valence-corrected chi connectivity index (χ0v) is 14.0. The van der Waals surface area contributed by atoms with Gasteiger partial charge in [0.1, 0.15) is 6.54 Å². The predicted molar refractivity (Wildman–Crippen MR) is 88.9 cm³/mol. The zero-order valence-electron chi connectivity index (χ0n) is 14.0. The van der Waals surface area contributed by atoms with Crippen molar-refractivity contribution in [3.8, 4) is 11.4 Å². The van der Waals surface area contributed by atoms with E-state index in [0.717, 1.165) is 18.4 Å². The minimum absolute atomic E-state index is 0.0567. The van der Waals surface area contributed by atoms with Crippen molar-refractivity contribution in [3.05, 3.63) is 29.8 Å². The summed E-state index contributed by atoms with van der Waals surface area (Å²) in [7, 11) is 0. The van der Waals surface area contributed by atoms with Gasteiger partial charge in [0.2, 0.25) is 17.6 Å². The van der Waals surface area contributed by atoms with Crippen LogP contribution in [0.15, 0.2) is 24.3 Å². The summed E-state index contributed by atoms with van der Waals surface area (Å²) < 4.78 is 0. The van der Waals surface area contributed by atoms with Gasteiger partial charge in [-0.15, -0.1) is 10.2 Å². The van der Waals surface area contributed by atoms with Crippen molar-refractivity contribution in [2.24, 2.45) is 0 Å². The molecule has 0 aliphatic rings. The van der Waals surface area contributed by atoms with E-state index in [1.807, 2.05) is 31.2 Å². The molecule has 2 N–H and O–H groups in total. The van der Waals surface area contributed by atoms with Gasteiger partial charge >= 0.3 is 0 Å². The Morgan fingerprint density at radius 3 is 2.50 bits per heavy atom. The van der Waals surface area contributed by atoms with Crippen molar-refractivity contribution in [2.75, 3.05) is 13.1 Å². The molecule has 0 aliphatic heterocycles. The molecule has 0 saturated heterocycles. The van der Waals surface area contributed by atoms with Crippen molar-refractivity contribution < 1.29 is 9.59 Å². The van der Waals surface area contributed by atoms with Gasteiger partial charge in [0.25, 0.3) is 0 Å². The molecule has 0 atom stereocenters. The minimum Gasteiger partial charge on any atom is -0.355 e. The Balaban J connectivity index is 1.86. The van der Waals surface area contributed by atoms with Gasteiger partial charge in [-0.2, -0.15) is 4.80 Å². The van der Waals surface area contributed by atoms with E-state index in [-0.39, 0.29) is 24.9 Å². The van der Waals surface area contributed by atoms with Crippen LogP contribution in [-0.4, -0.2) is 45.1 Å². The smallest absolute Gasteiger partial charge is 0.244 e. The Morgan fingerprint density at radius 2 is 1.83 bits per heavy atom. The van der Waals surface area contributed by atoms with Crippen LogP contribution in [0.4, 0.5) is 0 Å². The molecular formula is C16H22N6O2. The van der Waals surface area contributed by atoms with Crippen LogP contribution in [0, 0.1) is 0 Å². The van der Waals surface area contributed by atoms with Crippen molar-refractivity contribution in [1.82, 2.24) is 30.8 Å². The number of nitrogens with one attached hydrogen (secondary N) is 2. The number of hydrogen-bond donors (Lipinski definition) is 2. The molecule has 128 valence electrons. The number of benzene rings is 1. The van der Waals surface area contributed by atoms with Crippen LogP contribution in [0.2, 0.25) is 0 Å². The third-order valence-corrected chi connectivity index (χ3v) is 3.38. The maximum Gasteiger partial charge on any atom is 0.244 e. The lowest BCUT2D eigenvalue weighted by molar-refractivity contribution is -0.126. The van der Waals surface area contributed by atoms with E-state index in [1.54, 1.807) is 0 Å². The maximum absolute atomic E-state index is 11.8. The highest BCUT2D eigenvalue weighted by molar-refractivity contribution is 5.84. The summed E-state index contributed by atoms with van der Waals surface area (Å²) >= 11 is 0. The van der Waals surface area contributed by atoms with Crippen molar-refractivity contribution in [3.63, 3.8) is 0 Å². The van der Waals surface area contributed by atoms with Gasteiger partial charge < -0.3 is 10.6 Å². The summed E-state index contributed by atoms with van der Waals surface area (Å²) in [6, 6.07) is 7.88. The van der Waals surface area contributed by atoms with Crippen LogP contribution in [0.1, 0.15) is 25.8 Å². The Morgan fingerprint density at radius 1 is 1.08 bits per heavy atom. The highest BCUT2D eigenvalue weighted by Crippen LogP contribution is 2.14. The lowest BCUT2D eigenvalue weighted by Gasteiger charge is -2.05. The van der Waals surface area contributed by atoms with Crippen LogP contribution in [-0.2, 0) is 22.6 Å². The molecule has 1 aromatic carbocycles. The van der Waals surface area contributed by atoms with Gasteiger partial charge in [0.15, 0.2) is 0 Å². The van der Waals surface area contributed by atoms with E-state index in [4.69, 9.17) is 0 Å². The Kier molecular flexibility index (Phi) is 6.41. The zero-order chi connectivity index (χ0) is 17.4. The number of tetrazole rings is 1. The van der Waals surface area contributed by atoms with E-state index < -0.39 is 0 Å². The number of aromatic nitrogens is 4. The molecule has 0 spiro atoms. The fourth-order valence-electron chi connectivity index (χ4n) is 2.01. The van der Waals surface area contributed by atoms with Crippen molar-refractivity contribution >= 4 is 11.8 Å². The Labute approximate surface area is 140 Å². The van der Waals surface area contributed by atoms with Crippen LogP contribution >= 0.6 is 0 Å². The molecule has 0 bridgehead atoms. The Hall–Kier alpha value is -2.77. The number of rotatable bonds is 8. The maximum atomic E-state index is 11.8. The second kappa shape index (κ2) is 8.76. The lowest BCUT2D eigenvalue weighted by Crippen LogP contribution is -2.38. The number of aryl methyl sites for hydroxylation is 1. The van der Waals surface area contributed by atoms with E-state index in [2.05, 4.69) is 33.0 Å². The van der Waals surface area contributed by atoms with E-state index in [1.165, 1.54) is 10.4 Å². The van der Waals surface area contributed by atoms with Crippen molar-refractivity contribution in [1.29, 1.82) is 0 Å². The quantitative estimate of drug-likeness (QED) is 0.736. The Bertz CT molecular complexity index is 680. The van der Waals surface area contributed by atoms with Gasteiger partial charge in [-0.25, -0.2) is 0 Å². The summed E-state index contributed by atoms with van der Waals surface area (Å²) in [5.41, 5.74) is 2.07. The first-order chi connectivity index (χ1) is 11.6. The summed E-state index contributed by atoms with van der Waals surface area (Å²) in [6.45, 7) is 4.51. The first kappa shape index (κ1) is 17.6. The van der Waals surface area contributed by atoms with Gasteiger partial charge in [0.05, 0.1) is 6.54 Å². The minimum atomic E-state index is -0.341.